The predicted octanol–water partition coefficient (Wildman–Crippen LogP) is 2.87. The highest BCUT2D eigenvalue weighted by atomic mass is 35.5. The van der Waals surface area contributed by atoms with Crippen molar-refractivity contribution in [2.24, 2.45) is 5.92 Å². The van der Waals surface area contributed by atoms with Crippen LogP contribution >= 0.6 is 11.6 Å². The minimum atomic E-state index is -0.578. The highest BCUT2D eigenvalue weighted by molar-refractivity contribution is 6.30. The van der Waals surface area contributed by atoms with Crippen LogP contribution in [-0.4, -0.2) is 30.9 Å². The quantitative estimate of drug-likeness (QED) is 0.819. The van der Waals surface area contributed by atoms with Gasteiger partial charge >= 0.3 is 5.97 Å². The number of nitrogens with one attached hydrogen (secondary N) is 1. The maximum atomic E-state index is 12.2. The van der Waals surface area contributed by atoms with Crippen molar-refractivity contribution in [3.8, 4) is 0 Å². The smallest absolute Gasteiger partial charge is 0.311 e. The monoisotopic (exact) mass is 372 g/mol. The van der Waals surface area contributed by atoms with Crippen LogP contribution in [0.3, 0.4) is 0 Å². The average Bonchev–Trinajstić information content (AvgIpc) is 3.04. The molecule has 1 aliphatic heterocycles. The van der Waals surface area contributed by atoms with Gasteiger partial charge in [0.15, 0.2) is 6.61 Å². The molecule has 1 unspecified atom stereocenters. The number of ether oxygens (including phenoxy) is 1. The summed E-state index contributed by atoms with van der Waals surface area (Å²) < 4.78 is 5.06. The minimum Gasteiger partial charge on any atom is -0.455 e. The van der Waals surface area contributed by atoms with Gasteiger partial charge in [-0.3, -0.25) is 14.4 Å². The van der Waals surface area contributed by atoms with Crippen molar-refractivity contribution in [1.29, 1.82) is 0 Å². The molecule has 2 amide bonds. The van der Waals surface area contributed by atoms with Crippen molar-refractivity contribution in [1.82, 2.24) is 0 Å². The van der Waals surface area contributed by atoms with E-state index in [9.17, 15) is 14.4 Å². The van der Waals surface area contributed by atoms with Crippen molar-refractivity contribution < 1.29 is 19.1 Å². The SMILES string of the molecule is O=C(COC(=O)C1CC(=O)N(c2ccccc2)C1)Nc1ccc(Cl)cc1. The summed E-state index contributed by atoms with van der Waals surface area (Å²) >= 11 is 5.78. The van der Waals surface area contributed by atoms with Crippen molar-refractivity contribution in [2.75, 3.05) is 23.4 Å². The molecule has 1 atom stereocenters. The Bertz CT molecular complexity index is 808. The molecule has 2 aromatic carbocycles. The zero-order chi connectivity index (χ0) is 18.5. The summed E-state index contributed by atoms with van der Waals surface area (Å²) in [6.45, 7) is -0.155. The lowest BCUT2D eigenvalue weighted by atomic mass is 10.1. The summed E-state index contributed by atoms with van der Waals surface area (Å²) in [4.78, 5) is 37.7. The lowest BCUT2D eigenvalue weighted by molar-refractivity contribution is -0.151. The molecular formula is C19H17ClN2O4. The number of hydrogen-bond acceptors (Lipinski definition) is 4. The number of benzene rings is 2. The van der Waals surface area contributed by atoms with E-state index in [1.165, 1.54) is 0 Å². The zero-order valence-corrected chi connectivity index (χ0v) is 14.6. The first-order valence-electron chi connectivity index (χ1n) is 8.10. The van der Waals surface area contributed by atoms with Gasteiger partial charge in [0.2, 0.25) is 5.91 Å². The van der Waals surface area contributed by atoms with Crippen LogP contribution in [0.5, 0.6) is 0 Å². The number of carbonyl (C=O) groups excluding carboxylic acids is 3. The van der Waals surface area contributed by atoms with Gasteiger partial charge in [0, 0.05) is 29.4 Å². The second-order valence-electron chi connectivity index (χ2n) is 5.90. The third-order valence-corrected chi connectivity index (χ3v) is 4.25. The van der Waals surface area contributed by atoms with Crippen LogP contribution in [0.25, 0.3) is 0 Å². The van der Waals surface area contributed by atoms with E-state index in [4.69, 9.17) is 16.3 Å². The number of para-hydroxylation sites is 1. The third kappa shape index (κ3) is 4.40. The minimum absolute atomic E-state index is 0.0759. The summed E-state index contributed by atoms with van der Waals surface area (Å²) in [6.07, 6.45) is 0.0759. The van der Waals surface area contributed by atoms with E-state index in [-0.39, 0.29) is 18.9 Å². The van der Waals surface area contributed by atoms with E-state index in [0.717, 1.165) is 5.69 Å². The molecule has 0 spiro atoms. The van der Waals surface area contributed by atoms with Crippen LogP contribution in [-0.2, 0) is 19.1 Å². The Labute approximate surface area is 155 Å². The molecule has 134 valence electrons. The number of amides is 2. The van der Waals surface area contributed by atoms with Crippen LogP contribution < -0.4 is 10.2 Å². The Morgan fingerprint density at radius 3 is 2.50 bits per heavy atom. The first kappa shape index (κ1) is 17.9. The Morgan fingerprint density at radius 1 is 1.12 bits per heavy atom. The van der Waals surface area contributed by atoms with E-state index in [2.05, 4.69) is 5.32 Å². The normalized spacial score (nSPS) is 16.4. The van der Waals surface area contributed by atoms with Gasteiger partial charge in [-0.2, -0.15) is 0 Å². The second kappa shape index (κ2) is 8.01. The van der Waals surface area contributed by atoms with E-state index < -0.39 is 24.4 Å². The molecule has 1 heterocycles. The van der Waals surface area contributed by atoms with Gasteiger partial charge in [0.05, 0.1) is 5.92 Å². The van der Waals surface area contributed by atoms with Gasteiger partial charge in [-0.25, -0.2) is 0 Å². The van der Waals surface area contributed by atoms with Crippen LogP contribution in [0.1, 0.15) is 6.42 Å². The molecular weight excluding hydrogens is 356 g/mol. The first-order chi connectivity index (χ1) is 12.5. The van der Waals surface area contributed by atoms with Crippen molar-refractivity contribution in [3.05, 3.63) is 59.6 Å². The highest BCUT2D eigenvalue weighted by Gasteiger charge is 2.36. The zero-order valence-electron chi connectivity index (χ0n) is 13.9. The van der Waals surface area contributed by atoms with Gasteiger partial charge in [-0.05, 0) is 36.4 Å². The molecule has 6 nitrogen and oxygen atoms in total. The van der Waals surface area contributed by atoms with E-state index >= 15 is 0 Å². The number of carbonyl (C=O) groups is 3. The molecule has 1 fully saturated rings. The fourth-order valence-electron chi connectivity index (χ4n) is 2.71. The van der Waals surface area contributed by atoms with Crippen LogP contribution in [0, 0.1) is 5.92 Å². The third-order valence-electron chi connectivity index (χ3n) is 4.00. The van der Waals surface area contributed by atoms with Crippen LogP contribution in [0.2, 0.25) is 5.02 Å². The Balaban J connectivity index is 1.50. The number of halogens is 1. The molecule has 0 aromatic heterocycles. The number of esters is 1. The predicted molar refractivity (Wildman–Crippen MR) is 97.9 cm³/mol. The largest absolute Gasteiger partial charge is 0.455 e. The molecule has 26 heavy (non-hydrogen) atoms. The first-order valence-corrected chi connectivity index (χ1v) is 8.48. The van der Waals surface area contributed by atoms with Gasteiger partial charge in [-0.15, -0.1) is 0 Å². The molecule has 1 aliphatic rings. The van der Waals surface area contributed by atoms with Gasteiger partial charge in [0.1, 0.15) is 0 Å². The van der Waals surface area contributed by atoms with E-state index in [1.807, 2.05) is 30.3 Å². The Morgan fingerprint density at radius 2 is 1.81 bits per heavy atom. The topological polar surface area (TPSA) is 75.7 Å². The Kier molecular flexibility index (Phi) is 5.53. The standard InChI is InChI=1S/C19H17ClN2O4/c20-14-6-8-15(9-7-14)21-17(23)12-26-19(25)13-10-18(24)22(11-13)16-4-2-1-3-5-16/h1-9,13H,10-12H2,(H,21,23). The van der Waals surface area contributed by atoms with Gasteiger partial charge < -0.3 is 15.0 Å². The molecule has 0 bridgehead atoms. The van der Waals surface area contributed by atoms with Crippen molar-refractivity contribution >= 4 is 40.8 Å². The summed E-state index contributed by atoms with van der Waals surface area (Å²) in [7, 11) is 0. The van der Waals surface area contributed by atoms with E-state index in [1.54, 1.807) is 29.2 Å². The second-order valence-corrected chi connectivity index (χ2v) is 6.34. The fraction of sp³-hybridized carbons (Fsp3) is 0.211. The molecule has 1 N–H and O–H groups in total. The maximum Gasteiger partial charge on any atom is 0.311 e. The molecule has 0 aliphatic carbocycles. The average molecular weight is 373 g/mol. The fourth-order valence-corrected chi connectivity index (χ4v) is 2.83. The van der Waals surface area contributed by atoms with E-state index in [0.29, 0.717) is 10.7 Å². The number of anilines is 2. The van der Waals surface area contributed by atoms with Crippen LogP contribution in [0.15, 0.2) is 54.6 Å². The van der Waals surface area contributed by atoms with Gasteiger partial charge in [-0.1, -0.05) is 29.8 Å². The summed E-state index contributed by atoms with van der Waals surface area (Å²) in [6, 6.07) is 15.7. The van der Waals surface area contributed by atoms with Crippen molar-refractivity contribution in [2.45, 2.75) is 6.42 Å². The number of nitrogens with zero attached hydrogens (tertiary/aromatic N) is 1. The summed E-state index contributed by atoms with van der Waals surface area (Å²) in [5.41, 5.74) is 1.30. The lowest BCUT2D eigenvalue weighted by Crippen LogP contribution is -2.28. The number of rotatable bonds is 5. The maximum absolute atomic E-state index is 12.2. The molecule has 2 aromatic rings. The number of hydrogen-bond donors (Lipinski definition) is 1. The van der Waals surface area contributed by atoms with Gasteiger partial charge in [0.25, 0.3) is 5.91 Å². The molecule has 0 radical (unpaired) electrons. The molecule has 3 rings (SSSR count). The highest BCUT2D eigenvalue weighted by Crippen LogP contribution is 2.25. The lowest BCUT2D eigenvalue weighted by Gasteiger charge is -2.16. The Hall–Kier alpha value is -2.86. The molecule has 7 heteroatoms. The van der Waals surface area contributed by atoms with Crippen LogP contribution in [0.4, 0.5) is 11.4 Å². The summed E-state index contributed by atoms with van der Waals surface area (Å²) in [5.74, 6) is -1.72. The summed E-state index contributed by atoms with van der Waals surface area (Å²) in [5, 5.41) is 3.16. The molecule has 0 saturated carbocycles. The molecule has 1 saturated heterocycles. The van der Waals surface area contributed by atoms with Crippen molar-refractivity contribution in [3.63, 3.8) is 0 Å².